The molecule has 1 aromatic carbocycles. The maximum absolute atomic E-state index is 13.0. The van der Waals surface area contributed by atoms with Crippen LogP contribution in [0.4, 0.5) is 4.39 Å². The SMILES string of the molecule is Cc1cc(-c2nnc(CN)s2)ccc1F. The lowest BCUT2D eigenvalue weighted by atomic mass is 10.1. The smallest absolute Gasteiger partial charge is 0.147 e. The zero-order valence-electron chi connectivity index (χ0n) is 8.20. The number of nitrogens with two attached hydrogens (primary N) is 1. The molecule has 0 aliphatic rings. The zero-order chi connectivity index (χ0) is 10.8. The Morgan fingerprint density at radius 1 is 1.40 bits per heavy atom. The summed E-state index contributed by atoms with van der Waals surface area (Å²) in [6.07, 6.45) is 0. The first-order valence-corrected chi connectivity index (χ1v) is 5.31. The molecule has 5 heteroatoms. The van der Waals surface area contributed by atoms with Gasteiger partial charge in [-0.1, -0.05) is 11.3 Å². The lowest BCUT2D eigenvalue weighted by Crippen LogP contribution is -1.94. The van der Waals surface area contributed by atoms with E-state index in [0.717, 1.165) is 15.6 Å². The van der Waals surface area contributed by atoms with E-state index in [9.17, 15) is 4.39 Å². The van der Waals surface area contributed by atoms with Crippen LogP contribution in [-0.2, 0) is 6.54 Å². The average molecular weight is 223 g/mol. The molecule has 2 N–H and O–H groups in total. The molecule has 0 amide bonds. The molecule has 0 radical (unpaired) electrons. The second-order valence-corrected chi connectivity index (χ2v) is 4.23. The Labute approximate surface area is 90.8 Å². The highest BCUT2D eigenvalue weighted by molar-refractivity contribution is 7.14. The number of halogens is 1. The van der Waals surface area contributed by atoms with Gasteiger partial charge < -0.3 is 5.73 Å². The second kappa shape index (κ2) is 4.04. The second-order valence-electron chi connectivity index (χ2n) is 3.17. The van der Waals surface area contributed by atoms with Gasteiger partial charge in [0.15, 0.2) is 0 Å². The van der Waals surface area contributed by atoms with Crippen LogP contribution in [0, 0.1) is 12.7 Å². The Morgan fingerprint density at radius 3 is 2.80 bits per heavy atom. The molecule has 0 bridgehead atoms. The molecule has 0 aliphatic carbocycles. The molecule has 2 rings (SSSR count). The first-order valence-electron chi connectivity index (χ1n) is 4.49. The molecule has 78 valence electrons. The molecule has 15 heavy (non-hydrogen) atoms. The van der Waals surface area contributed by atoms with Gasteiger partial charge in [-0.2, -0.15) is 0 Å². The van der Waals surface area contributed by atoms with Crippen LogP contribution < -0.4 is 5.73 Å². The normalized spacial score (nSPS) is 10.6. The van der Waals surface area contributed by atoms with Gasteiger partial charge in [-0.3, -0.25) is 0 Å². The number of rotatable bonds is 2. The molecule has 0 aliphatic heterocycles. The summed E-state index contributed by atoms with van der Waals surface area (Å²) in [7, 11) is 0. The van der Waals surface area contributed by atoms with Gasteiger partial charge in [0.1, 0.15) is 15.8 Å². The van der Waals surface area contributed by atoms with Crippen molar-refractivity contribution in [2.45, 2.75) is 13.5 Å². The van der Waals surface area contributed by atoms with Crippen LogP contribution in [0.15, 0.2) is 18.2 Å². The van der Waals surface area contributed by atoms with Crippen molar-refractivity contribution < 1.29 is 4.39 Å². The number of benzene rings is 1. The molecule has 0 spiro atoms. The molecular weight excluding hydrogens is 213 g/mol. The average Bonchev–Trinajstić information content (AvgIpc) is 2.70. The minimum Gasteiger partial charge on any atom is -0.324 e. The summed E-state index contributed by atoms with van der Waals surface area (Å²) in [4.78, 5) is 0. The van der Waals surface area contributed by atoms with E-state index in [-0.39, 0.29) is 5.82 Å². The van der Waals surface area contributed by atoms with E-state index in [1.807, 2.05) is 0 Å². The first-order chi connectivity index (χ1) is 7.20. The van der Waals surface area contributed by atoms with Crippen molar-refractivity contribution in [1.82, 2.24) is 10.2 Å². The van der Waals surface area contributed by atoms with Crippen molar-refractivity contribution in [3.8, 4) is 10.6 Å². The summed E-state index contributed by atoms with van der Waals surface area (Å²) in [5.74, 6) is -0.206. The number of hydrogen-bond donors (Lipinski definition) is 1. The molecule has 3 nitrogen and oxygen atoms in total. The standard InChI is InChI=1S/C10H10FN3S/c1-6-4-7(2-3-8(6)11)10-14-13-9(5-12)15-10/h2-4H,5,12H2,1H3. The maximum atomic E-state index is 13.0. The van der Waals surface area contributed by atoms with Crippen molar-refractivity contribution in [2.75, 3.05) is 0 Å². The van der Waals surface area contributed by atoms with Crippen LogP contribution in [0.25, 0.3) is 10.6 Å². The summed E-state index contributed by atoms with van der Waals surface area (Å²) in [5, 5.41) is 9.47. The van der Waals surface area contributed by atoms with Gasteiger partial charge in [-0.05, 0) is 30.7 Å². The predicted molar refractivity (Wildman–Crippen MR) is 57.9 cm³/mol. The number of aryl methyl sites for hydroxylation is 1. The van der Waals surface area contributed by atoms with Crippen molar-refractivity contribution in [2.24, 2.45) is 5.73 Å². The van der Waals surface area contributed by atoms with E-state index < -0.39 is 0 Å². The fourth-order valence-electron chi connectivity index (χ4n) is 1.23. The largest absolute Gasteiger partial charge is 0.324 e. The van der Waals surface area contributed by atoms with Gasteiger partial charge in [-0.15, -0.1) is 10.2 Å². The monoisotopic (exact) mass is 223 g/mol. The first kappa shape index (κ1) is 10.2. The third-order valence-corrected chi connectivity index (χ3v) is 3.04. The molecular formula is C10H10FN3S. The quantitative estimate of drug-likeness (QED) is 0.848. The summed E-state index contributed by atoms with van der Waals surface area (Å²) in [6, 6.07) is 4.90. The summed E-state index contributed by atoms with van der Waals surface area (Å²) in [6.45, 7) is 2.11. The molecule has 1 aromatic heterocycles. The van der Waals surface area contributed by atoms with Gasteiger partial charge in [-0.25, -0.2) is 4.39 Å². The maximum Gasteiger partial charge on any atom is 0.147 e. The molecule has 0 fully saturated rings. The summed E-state index contributed by atoms with van der Waals surface area (Å²) < 4.78 is 13.0. The van der Waals surface area contributed by atoms with Crippen LogP contribution in [0.3, 0.4) is 0 Å². The number of hydrogen-bond acceptors (Lipinski definition) is 4. The minimum atomic E-state index is -0.206. The van der Waals surface area contributed by atoms with Crippen LogP contribution in [0.1, 0.15) is 10.6 Å². The molecule has 0 saturated heterocycles. The molecule has 2 aromatic rings. The van der Waals surface area contributed by atoms with Gasteiger partial charge in [0.05, 0.1) is 0 Å². The number of nitrogens with zero attached hydrogens (tertiary/aromatic N) is 2. The van der Waals surface area contributed by atoms with Gasteiger partial charge in [0, 0.05) is 12.1 Å². The van der Waals surface area contributed by atoms with Crippen LogP contribution in [0.2, 0.25) is 0 Å². The lowest BCUT2D eigenvalue weighted by molar-refractivity contribution is 0.619. The molecule has 1 heterocycles. The fraction of sp³-hybridized carbons (Fsp3) is 0.200. The lowest BCUT2D eigenvalue weighted by Gasteiger charge is -1.98. The predicted octanol–water partition coefficient (Wildman–Crippen LogP) is 2.11. The Bertz CT molecular complexity index is 481. The molecule has 0 atom stereocenters. The molecule has 0 saturated carbocycles. The van der Waals surface area contributed by atoms with E-state index in [1.54, 1.807) is 19.1 Å². The third-order valence-electron chi connectivity index (χ3n) is 2.05. The molecule has 0 unspecified atom stereocenters. The minimum absolute atomic E-state index is 0.206. The topological polar surface area (TPSA) is 51.8 Å². The van der Waals surface area contributed by atoms with Gasteiger partial charge >= 0.3 is 0 Å². The third kappa shape index (κ3) is 2.03. The van der Waals surface area contributed by atoms with E-state index in [0.29, 0.717) is 12.1 Å². The highest BCUT2D eigenvalue weighted by Crippen LogP contribution is 2.24. The van der Waals surface area contributed by atoms with Crippen LogP contribution >= 0.6 is 11.3 Å². The Kier molecular flexibility index (Phi) is 2.75. The van der Waals surface area contributed by atoms with Crippen molar-refractivity contribution >= 4 is 11.3 Å². The van der Waals surface area contributed by atoms with Crippen LogP contribution in [0.5, 0.6) is 0 Å². The van der Waals surface area contributed by atoms with E-state index in [1.165, 1.54) is 17.4 Å². The van der Waals surface area contributed by atoms with Gasteiger partial charge in [0.25, 0.3) is 0 Å². The fourth-order valence-corrected chi connectivity index (χ4v) is 1.95. The summed E-state index contributed by atoms with van der Waals surface area (Å²) >= 11 is 1.43. The zero-order valence-corrected chi connectivity index (χ0v) is 9.01. The van der Waals surface area contributed by atoms with E-state index in [4.69, 9.17) is 5.73 Å². The van der Waals surface area contributed by atoms with Gasteiger partial charge in [0.2, 0.25) is 0 Å². The Hall–Kier alpha value is -1.33. The van der Waals surface area contributed by atoms with E-state index >= 15 is 0 Å². The number of aromatic nitrogens is 2. The highest BCUT2D eigenvalue weighted by atomic mass is 32.1. The Morgan fingerprint density at radius 2 is 2.20 bits per heavy atom. The van der Waals surface area contributed by atoms with Crippen LogP contribution in [-0.4, -0.2) is 10.2 Å². The van der Waals surface area contributed by atoms with Crippen molar-refractivity contribution in [3.63, 3.8) is 0 Å². The highest BCUT2D eigenvalue weighted by Gasteiger charge is 2.07. The van der Waals surface area contributed by atoms with E-state index in [2.05, 4.69) is 10.2 Å². The van der Waals surface area contributed by atoms with Crippen molar-refractivity contribution in [3.05, 3.63) is 34.6 Å². The van der Waals surface area contributed by atoms with Crippen molar-refractivity contribution in [1.29, 1.82) is 0 Å². The Balaban J connectivity index is 2.40. The summed E-state index contributed by atoms with van der Waals surface area (Å²) in [5.41, 5.74) is 6.93.